The SMILES string of the molecule is O=C(C[N+]1(CCCOC(=O)C2C(c3ccccc3)C(C(=O)OCCC[N+]3(CC(=O)c4ccc5ccccc5c4)CCCCC3)C2c2ccccc2)CCCCC1)c1ccc2ccccc2c1.[Br-].[Br-]. The Kier molecular flexibility index (Phi) is 17.6. The van der Waals surface area contributed by atoms with Gasteiger partial charge in [-0.3, -0.25) is 19.2 Å². The number of hydrogen-bond acceptors (Lipinski definition) is 6. The van der Waals surface area contributed by atoms with Gasteiger partial charge >= 0.3 is 11.9 Å². The van der Waals surface area contributed by atoms with Gasteiger partial charge in [0.1, 0.15) is 13.1 Å². The van der Waals surface area contributed by atoms with Crippen molar-refractivity contribution in [3.05, 3.63) is 168 Å². The van der Waals surface area contributed by atoms with Crippen LogP contribution in [0.3, 0.4) is 0 Å². The Balaban J connectivity index is 0.00000342. The molecule has 6 aromatic carbocycles. The first-order valence-electron chi connectivity index (χ1n) is 24.5. The Labute approximate surface area is 422 Å². The van der Waals surface area contributed by atoms with E-state index in [1.807, 2.05) is 121 Å². The van der Waals surface area contributed by atoms with Gasteiger partial charge in [0.2, 0.25) is 11.6 Å². The molecule has 0 spiro atoms. The van der Waals surface area contributed by atoms with Crippen molar-refractivity contribution in [3.8, 4) is 0 Å². The van der Waals surface area contributed by atoms with Crippen molar-refractivity contribution >= 4 is 45.0 Å². The number of Topliss-reactive ketones (excluding diaryl/α,β-unsaturated/α-hetero) is 2. The van der Waals surface area contributed by atoms with Crippen molar-refractivity contribution < 1.29 is 71.6 Å². The minimum Gasteiger partial charge on any atom is -1.00 e. The van der Waals surface area contributed by atoms with E-state index in [1.165, 1.54) is 12.8 Å². The molecule has 2 aliphatic heterocycles. The highest BCUT2D eigenvalue weighted by molar-refractivity contribution is 6.01. The highest BCUT2D eigenvalue weighted by atomic mass is 79.9. The number of fused-ring (bicyclic) bond motifs is 2. The Hall–Kier alpha value is -5.00. The fourth-order valence-electron chi connectivity index (χ4n) is 11.7. The number of quaternary nitrogens is 2. The molecule has 0 radical (unpaired) electrons. The van der Waals surface area contributed by atoms with E-state index in [1.54, 1.807) is 0 Å². The van der Waals surface area contributed by atoms with Crippen LogP contribution in [-0.4, -0.2) is 98.0 Å². The number of esters is 2. The van der Waals surface area contributed by atoms with Gasteiger partial charge in [0.25, 0.3) is 0 Å². The zero-order chi connectivity index (χ0) is 45.4. The first-order chi connectivity index (χ1) is 32.3. The van der Waals surface area contributed by atoms with Gasteiger partial charge in [-0.15, -0.1) is 0 Å². The van der Waals surface area contributed by atoms with Crippen molar-refractivity contribution in [2.75, 3.05) is 65.6 Å². The molecule has 1 saturated carbocycles. The van der Waals surface area contributed by atoms with Crippen LogP contribution in [0.5, 0.6) is 0 Å². The molecule has 68 heavy (non-hydrogen) atoms. The number of rotatable bonds is 18. The zero-order valence-corrected chi connectivity index (χ0v) is 42.2. The van der Waals surface area contributed by atoms with Crippen LogP contribution in [-0.2, 0) is 19.1 Å². The average molecular weight is 1040 g/mol. The Morgan fingerprint density at radius 1 is 0.426 bits per heavy atom. The van der Waals surface area contributed by atoms with Crippen molar-refractivity contribution in [1.29, 1.82) is 0 Å². The summed E-state index contributed by atoms with van der Waals surface area (Å²) >= 11 is 0. The predicted molar refractivity (Wildman–Crippen MR) is 260 cm³/mol. The van der Waals surface area contributed by atoms with E-state index in [9.17, 15) is 19.2 Å². The minimum absolute atomic E-state index is 0. The fourth-order valence-corrected chi connectivity index (χ4v) is 11.7. The Morgan fingerprint density at radius 3 is 1.16 bits per heavy atom. The van der Waals surface area contributed by atoms with Gasteiger partial charge in [-0.25, -0.2) is 0 Å². The summed E-state index contributed by atoms with van der Waals surface area (Å²) in [6.45, 7) is 6.65. The molecule has 10 heteroatoms. The molecule has 0 unspecified atom stereocenters. The topological polar surface area (TPSA) is 86.7 Å². The van der Waals surface area contributed by atoms with E-state index in [2.05, 4.69) is 24.3 Å². The largest absolute Gasteiger partial charge is 1.00 e. The molecule has 1 aliphatic carbocycles. The van der Waals surface area contributed by atoms with E-state index >= 15 is 0 Å². The van der Waals surface area contributed by atoms with Crippen molar-refractivity contribution in [3.63, 3.8) is 0 Å². The number of ketones is 2. The maximum atomic E-state index is 14.4. The summed E-state index contributed by atoms with van der Waals surface area (Å²) < 4.78 is 13.8. The molecule has 9 rings (SSSR count). The molecule has 0 aromatic heterocycles. The van der Waals surface area contributed by atoms with E-state index < -0.39 is 23.7 Å². The first kappa shape index (κ1) is 50.9. The summed E-state index contributed by atoms with van der Waals surface area (Å²) in [6, 6.07) is 48.0. The van der Waals surface area contributed by atoms with E-state index in [0.29, 0.717) is 34.9 Å². The smallest absolute Gasteiger partial charge is 0.310 e. The van der Waals surface area contributed by atoms with Crippen molar-refractivity contribution in [2.24, 2.45) is 11.8 Å². The van der Waals surface area contributed by atoms with Gasteiger partial charge in [-0.2, -0.15) is 0 Å². The monoisotopic (exact) mass is 1040 g/mol. The van der Waals surface area contributed by atoms with Crippen LogP contribution in [0, 0.1) is 11.8 Å². The van der Waals surface area contributed by atoms with Gasteiger partial charge in [0.15, 0.2) is 0 Å². The van der Waals surface area contributed by atoms with Crippen LogP contribution >= 0.6 is 0 Å². The Morgan fingerprint density at radius 2 is 0.779 bits per heavy atom. The fraction of sp³-hybridized carbons (Fsp3) is 0.379. The molecule has 0 bridgehead atoms. The normalized spacial score (nSPS) is 20.5. The molecule has 2 saturated heterocycles. The molecule has 3 fully saturated rings. The summed E-state index contributed by atoms with van der Waals surface area (Å²) in [5, 5.41) is 4.38. The second-order valence-electron chi connectivity index (χ2n) is 19.4. The number of piperidine rings is 2. The minimum atomic E-state index is -0.566. The number of benzene rings is 6. The molecule has 8 nitrogen and oxygen atoms in total. The molecular weight excluding hydrogens is 980 g/mol. The van der Waals surface area contributed by atoms with Crippen LogP contribution in [0.1, 0.15) is 95.0 Å². The molecule has 0 N–H and O–H groups in total. The van der Waals surface area contributed by atoms with Gasteiger partial charge in [0.05, 0.1) is 64.3 Å². The lowest BCUT2D eigenvalue weighted by molar-refractivity contribution is -0.924. The number of nitrogens with zero attached hydrogens (tertiary/aromatic N) is 2. The van der Waals surface area contributed by atoms with Crippen molar-refractivity contribution in [1.82, 2.24) is 0 Å². The van der Waals surface area contributed by atoms with E-state index in [-0.39, 0.29) is 70.7 Å². The first-order valence-corrected chi connectivity index (χ1v) is 24.5. The van der Waals surface area contributed by atoms with Gasteiger partial charge in [-0.05, 0) is 83.3 Å². The lowest BCUT2D eigenvalue weighted by Gasteiger charge is -2.49. The zero-order valence-electron chi connectivity index (χ0n) is 39.0. The second-order valence-corrected chi connectivity index (χ2v) is 19.4. The Bertz CT molecular complexity index is 2460. The summed E-state index contributed by atoms with van der Waals surface area (Å²) in [5.74, 6) is -2.23. The summed E-state index contributed by atoms with van der Waals surface area (Å²) in [4.78, 5) is 56.5. The van der Waals surface area contributed by atoms with E-state index in [0.717, 1.165) is 109 Å². The molecule has 0 atom stereocenters. The quantitative estimate of drug-likeness (QED) is 0.0536. The highest BCUT2D eigenvalue weighted by Crippen LogP contribution is 2.58. The van der Waals surface area contributed by atoms with Crippen LogP contribution in [0.15, 0.2) is 146 Å². The van der Waals surface area contributed by atoms with Crippen LogP contribution < -0.4 is 34.0 Å². The third-order valence-electron chi connectivity index (χ3n) is 15.1. The standard InChI is InChI=1S/C58H64N2O6.2BrH/c61-51(49-29-27-43-19-9-11-25-47(43)39-49)41-59(31-13-3-14-32-59)35-17-37-65-57(63)55-53(45-21-5-1-6-22-45)56(54(55)46-23-7-2-8-24-46)58(64)66-38-18-36-60(33-15-4-16-34-60)42-52(62)50-30-28-44-20-10-12-26-48(44)40-50;;/h1-2,5-12,19-30,39-40,53-56H,3-4,13-18,31-38,41-42H2;2*1H/q+2;;/p-2. The van der Waals surface area contributed by atoms with Gasteiger partial charge < -0.3 is 52.4 Å². The number of halogens is 2. The molecule has 356 valence electrons. The third kappa shape index (κ3) is 11.7. The molecule has 0 amide bonds. The number of carbonyl (C=O) groups excluding carboxylic acids is 4. The summed E-state index contributed by atoms with van der Waals surface area (Å²) in [6.07, 6.45) is 7.94. The number of carbonyl (C=O) groups is 4. The maximum Gasteiger partial charge on any atom is 0.310 e. The van der Waals surface area contributed by atoms with Gasteiger partial charge in [-0.1, -0.05) is 133 Å². The molecule has 3 aliphatic rings. The highest BCUT2D eigenvalue weighted by Gasteiger charge is 2.59. The number of ether oxygens (including phenoxy) is 2. The third-order valence-corrected chi connectivity index (χ3v) is 15.1. The molecule has 6 aromatic rings. The number of hydrogen-bond donors (Lipinski definition) is 0. The van der Waals surface area contributed by atoms with Gasteiger partial charge in [0, 0.05) is 35.8 Å². The van der Waals surface area contributed by atoms with Crippen LogP contribution in [0.2, 0.25) is 0 Å². The van der Waals surface area contributed by atoms with Crippen molar-refractivity contribution in [2.45, 2.75) is 63.2 Å². The average Bonchev–Trinajstić information content (AvgIpc) is 3.35. The van der Waals surface area contributed by atoms with Crippen LogP contribution in [0.4, 0.5) is 0 Å². The number of likely N-dealkylation sites (tertiary alicyclic amines) is 2. The summed E-state index contributed by atoms with van der Waals surface area (Å²) in [5.41, 5.74) is 3.33. The molecular formula is C58H64Br2N2O6. The second kappa shape index (κ2) is 23.5. The predicted octanol–water partition coefficient (Wildman–Crippen LogP) is 4.75. The summed E-state index contributed by atoms with van der Waals surface area (Å²) in [7, 11) is 0. The maximum absolute atomic E-state index is 14.4. The lowest BCUT2D eigenvalue weighted by atomic mass is 9.52. The van der Waals surface area contributed by atoms with E-state index in [4.69, 9.17) is 9.47 Å². The van der Waals surface area contributed by atoms with Crippen LogP contribution in [0.25, 0.3) is 21.5 Å². The lowest BCUT2D eigenvalue weighted by Crippen LogP contribution is -3.00. The molecule has 2 heterocycles.